The number of hydrogen-bond donors (Lipinski definition) is 1. The van der Waals surface area contributed by atoms with E-state index in [1.165, 1.54) is 11.8 Å². The number of thiophene rings is 1. The molecule has 0 radical (unpaired) electrons. The van der Waals surface area contributed by atoms with E-state index in [2.05, 4.69) is 22.1 Å². The van der Waals surface area contributed by atoms with Crippen LogP contribution in [0.5, 0.6) is 0 Å². The minimum absolute atomic E-state index is 0.122. The molecule has 0 aliphatic rings. The second-order valence-corrected chi connectivity index (χ2v) is 7.32. The minimum Gasteiger partial charge on any atom is -0.313 e. The van der Waals surface area contributed by atoms with Gasteiger partial charge in [0.1, 0.15) is 0 Å². The van der Waals surface area contributed by atoms with Gasteiger partial charge in [0, 0.05) is 12.3 Å². The van der Waals surface area contributed by atoms with Gasteiger partial charge in [-0.2, -0.15) is 11.3 Å². The fraction of sp³-hybridized carbons (Fsp3) is 0.286. The van der Waals surface area contributed by atoms with Crippen LogP contribution in [0.1, 0.15) is 17.2 Å². The van der Waals surface area contributed by atoms with E-state index in [1.807, 2.05) is 13.1 Å². The average molecular weight is 295 g/mol. The Morgan fingerprint density at radius 1 is 1.32 bits per heavy atom. The van der Waals surface area contributed by atoms with Crippen LogP contribution in [0.2, 0.25) is 0 Å². The van der Waals surface area contributed by atoms with Crippen LogP contribution in [0.4, 0.5) is 0 Å². The molecule has 1 heterocycles. The second-order valence-electron chi connectivity index (χ2n) is 4.52. The van der Waals surface area contributed by atoms with Crippen LogP contribution in [0, 0.1) is 0 Å². The highest BCUT2D eigenvalue weighted by Crippen LogP contribution is 2.22. The molecule has 102 valence electrons. The first-order chi connectivity index (χ1) is 9.00. The molecule has 1 aromatic carbocycles. The lowest BCUT2D eigenvalue weighted by molar-refractivity contribution is 0.588. The Morgan fingerprint density at radius 3 is 2.68 bits per heavy atom. The van der Waals surface area contributed by atoms with Gasteiger partial charge >= 0.3 is 0 Å². The van der Waals surface area contributed by atoms with Gasteiger partial charge in [-0.05, 0) is 53.6 Å². The molecule has 1 aromatic heterocycles. The van der Waals surface area contributed by atoms with Gasteiger partial charge in [0.05, 0.1) is 4.90 Å². The predicted molar refractivity (Wildman–Crippen MR) is 79.4 cm³/mol. The Hall–Kier alpha value is -1.17. The molecular weight excluding hydrogens is 278 g/mol. The fourth-order valence-corrected chi connectivity index (χ4v) is 3.35. The first-order valence-electron chi connectivity index (χ1n) is 5.99. The molecule has 19 heavy (non-hydrogen) atoms. The van der Waals surface area contributed by atoms with E-state index in [1.54, 1.807) is 29.5 Å². The molecule has 0 aliphatic heterocycles. The maximum absolute atomic E-state index is 11.6. The van der Waals surface area contributed by atoms with Gasteiger partial charge in [0.2, 0.25) is 0 Å². The van der Waals surface area contributed by atoms with Crippen molar-refractivity contribution in [2.75, 3.05) is 13.3 Å². The number of sulfone groups is 1. The Bertz CT molecular complexity index is 633. The second kappa shape index (κ2) is 5.86. The molecule has 0 bridgehead atoms. The lowest BCUT2D eigenvalue weighted by atomic mass is 10.0. The summed E-state index contributed by atoms with van der Waals surface area (Å²) in [7, 11) is -1.26. The molecule has 1 N–H and O–H groups in total. The summed E-state index contributed by atoms with van der Waals surface area (Å²) in [6, 6.07) is 9.36. The maximum atomic E-state index is 11.6. The van der Waals surface area contributed by atoms with Crippen LogP contribution in [0.3, 0.4) is 0 Å². The normalized spacial score (nSPS) is 13.4. The summed E-state index contributed by atoms with van der Waals surface area (Å²) < 4.78 is 23.2. The van der Waals surface area contributed by atoms with Crippen LogP contribution >= 0.6 is 11.3 Å². The topological polar surface area (TPSA) is 46.2 Å². The van der Waals surface area contributed by atoms with Crippen LogP contribution in [0.15, 0.2) is 46.0 Å². The molecule has 2 rings (SSSR count). The van der Waals surface area contributed by atoms with E-state index < -0.39 is 9.84 Å². The van der Waals surface area contributed by atoms with Gasteiger partial charge in [0.25, 0.3) is 0 Å². The van der Waals surface area contributed by atoms with E-state index in [0.29, 0.717) is 4.90 Å². The summed E-state index contributed by atoms with van der Waals surface area (Å²) in [4.78, 5) is 0.371. The van der Waals surface area contributed by atoms with E-state index in [4.69, 9.17) is 0 Å². The van der Waals surface area contributed by atoms with E-state index >= 15 is 0 Å². The molecule has 2 aromatic rings. The predicted octanol–water partition coefficient (Wildman–Crippen LogP) is 2.65. The molecular formula is C14H17NO2S2. The highest BCUT2D eigenvalue weighted by Gasteiger charge is 2.14. The Balaban J connectivity index is 2.28. The van der Waals surface area contributed by atoms with Crippen molar-refractivity contribution in [3.63, 3.8) is 0 Å². The summed E-state index contributed by atoms with van der Waals surface area (Å²) in [6.07, 6.45) is 2.09. The molecule has 5 heteroatoms. The monoisotopic (exact) mass is 295 g/mol. The number of rotatable bonds is 5. The van der Waals surface area contributed by atoms with Crippen molar-refractivity contribution in [1.29, 1.82) is 0 Å². The third-order valence-corrected chi connectivity index (χ3v) is 4.90. The molecule has 3 nitrogen and oxygen atoms in total. The Labute approximate surface area is 118 Å². The molecule has 1 atom stereocenters. The van der Waals surface area contributed by atoms with E-state index in [0.717, 1.165) is 12.0 Å². The summed E-state index contributed by atoms with van der Waals surface area (Å²) in [5.41, 5.74) is 2.26. The molecule has 0 saturated carbocycles. The summed E-state index contributed by atoms with van der Waals surface area (Å²) in [5.74, 6) is 0. The van der Waals surface area contributed by atoms with Gasteiger partial charge < -0.3 is 5.32 Å². The van der Waals surface area contributed by atoms with Crippen LogP contribution < -0.4 is 5.32 Å². The van der Waals surface area contributed by atoms with E-state index in [9.17, 15) is 8.42 Å². The van der Waals surface area contributed by atoms with Gasteiger partial charge in [-0.3, -0.25) is 0 Å². The standard InChI is InChI=1S/C14H17NO2S2/c1-15-14(8-11-6-7-18-10-11)12-4-3-5-13(9-12)19(2,16)17/h3-7,9-10,14-15H,8H2,1-2H3. The smallest absolute Gasteiger partial charge is 0.175 e. The number of hydrogen-bond acceptors (Lipinski definition) is 4. The number of likely N-dealkylation sites (N-methyl/N-ethyl adjacent to an activating group) is 1. The van der Waals surface area contributed by atoms with Crippen molar-refractivity contribution in [2.24, 2.45) is 0 Å². The van der Waals surface area contributed by atoms with Crippen molar-refractivity contribution in [3.05, 3.63) is 52.2 Å². The van der Waals surface area contributed by atoms with Gasteiger partial charge in [-0.15, -0.1) is 0 Å². The first-order valence-corrected chi connectivity index (χ1v) is 8.82. The molecule has 0 amide bonds. The fourth-order valence-electron chi connectivity index (χ4n) is 1.99. The van der Waals surface area contributed by atoms with Gasteiger partial charge in [-0.1, -0.05) is 12.1 Å². The molecule has 0 aliphatic carbocycles. The summed E-state index contributed by atoms with van der Waals surface area (Å²) in [5, 5.41) is 7.41. The van der Waals surface area contributed by atoms with E-state index in [-0.39, 0.29) is 6.04 Å². The van der Waals surface area contributed by atoms with Crippen LogP contribution in [0.25, 0.3) is 0 Å². The average Bonchev–Trinajstić information content (AvgIpc) is 2.88. The Morgan fingerprint density at radius 2 is 2.11 bits per heavy atom. The van der Waals surface area contributed by atoms with Crippen molar-refractivity contribution in [1.82, 2.24) is 5.32 Å². The lowest BCUT2D eigenvalue weighted by Gasteiger charge is -2.16. The quantitative estimate of drug-likeness (QED) is 0.922. The molecule has 0 fully saturated rings. The summed E-state index contributed by atoms with van der Waals surface area (Å²) >= 11 is 1.67. The summed E-state index contributed by atoms with van der Waals surface area (Å²) in [6.45, 7) is 0. The third-order valence-electron chi connectivity index (χ3n) is 3.06. The highest BCUT2D eigenvalue weighted by atomic mass is 32.2. The van der Waals surface area contributed by atoms with Crippen LogP contribution in [-0.2, 0) is 16.3 Å². The lowest BCUT2D eigenvalue weighted by Crippen LogP contribution is -2.19. The molecule has 0 spiro atoms. The van der Waals surface area contributed by atoms with Crippen molar-refractivity contribution < 1.29 is 8.42 Å². The van der Waals surface area contributed by atoms with Crippen LogP contribution in [-0.4, -0.2) is 21.7 Å². The van der Waals surface area contributed by atoms with Gasteiger partial charge in [-0.25, -0.2) is 8.42 Å². The zero-order valence-corrected chi connectivity index (χ0v) is 12.6. The first kappa shape index (κ1) is 14.2. The zero-order valence-electron chi connectivity index (χ0n) is 11.0. The van der Waals surface area contributed by atoms with Crippen molar-refractivity contribution >= 4 is 21.2 Å². The third kappa shape index (κ3) is 3.65. The SMILES string of the molecule is CNC(Cc1ccsc1)c1cccc(S(C)(=O)=O)c1. The molecule has 0 saturated heterocycles. The molecule has 1 unspecified atom stereocenters. The largest absolute Gasteiger partial charge is 0.313 e. The number of nitrogens with one attached hydrogen (secondary N) is 1. The minimum atomic E-state index is -3.15. The maximum Gasteiger partial charge on any atom is 0.175 e. The Kier molecular flexibility index (Phi) is 4.39. The zero-order chi connectivity index (χ0) is 13.9. The number of benzene rings is 1. The van der Waals surface area contributed by atoms with Gasteiger partial charge in [0.15, 0.2) is 9.84 Å². The highest BCUT2D eigenvalue weighted by molar-refractivity contribution is 7.90. The van der Waals surface area contributed by atoms with Crippen molar-refractivity contribution in [2.45, 2.75) is 17.4 Å². The van der Waals surface area contributed by atoms with Crippen molar-refractivity contribution in [3.8, 4) is 0 Å².